The first-order valence-corrected chi connectivity index (χ1v) is 4.75. The fourth-order valence-corrected chi connectivity index (χ4v) is 1.89. The molecule has 0 atom stereocenters. The molecule has 0 amide bonds. The maximum atomic E-state index is 8.28. The van der Waals surface area contributed by atoms with Gasteiger partial charge < -0.3 is 0 Å². The van der Waals surface area contributed by atoms with Crippen LogP contribution in [0.5, 0.6) is 0 Å². The van der Waals surface area contributed by atoms with Crippen molar-refractivity contribution < 1.29 is 0 Å². The summed E-state index contributed by atoms with van der Waals surface area (Å²) in [7, 11) is 0. The maximum Gasteiger partial charge on any atom is 0.207 e. The predicted molar refractivity (Wildman–Crippen MR) is 46.7 cm³/mol. The highest BCUT2D eigenvalue weighted by molar-refractivity contribution is 9.11. The lowest BCUT2D eigenvalue weighted by Crippen LogP contribution is -1.90. The first-order chi connectivity index (χ1) is 5.22. The van der Waals surface area contributed by atoms with Crippen LogP contribution in [0.15, 0.2) is 14.6 Å². The van der Waals surface area contributed by atoms with Crippen LogP contribution in [0, 0.1) is 10.7 Å². The highest BCUT2D eigenvalue weighted by Crippen LogP contribution is 2.15. The summed E-state index contributed by atoms with van der Waals surface area (Å²) in [4.78, 5) is 11.5. The van der Waals surface area contributed by atoms with Gasteiger partial charge in [-0.3, -0.25) is 0 Å². The Kier molecular flexibility index (Phi) is 3.23. The SMILES string of the molecule is N#CSc1nc(Br)nc(Br)n1. The predicted octanol–water partition coefficient (Wildman–Crippen LogP) is 1.97. The second-order valence-electron chi connectivity index (χ2n) is 1.35. The molecule has 0 spiro atoms. The standard InChI is InChI=1S/C4Br2N4S/c5-2-8-3(6)10-4(9-2)11-1-7. The van der Waals surface area contributed by atoms with Crippen LogP contribution in [-0.4, -0.2) is 15.0 Å². The molecule has 0 aliphatic rings. The third kappa shape index (κ3) is 2.73. The van der Waals surface area contributed by atoms with Gasteiger partial charge in [-0.15, -0.1) is 0 Å². The third-order valence-electron chi connectivity index (χ3n) is 0.697. The van der Waals surface area contributed by atoms with Gasteiger partial charge in [0.2, 0.25) is 14.6 Å². The number of hydrogen-bond acceptors (Lipinski definition) is 5. The zero-order chi connectivity index (χ0) is 8.27. The Hall–Kier alpha value is -0.190. The van der Waals surface area contributed by atoms with Gasteiger partial charge in [-0.05, 0) is 31.9 Å². The molecular weight excluding hydrogens is 296 g/mol. The number of thiocyanates is 1. The van der Waals surface area contributed by atoms with Gasteiger partial charge in [-0.1, -0.05) is 0 Å². The summed E-state index contributed by atoms with van der Waals surface area (Å²) >= 11 is 7.02. The summed E-state index contributed by atoms with van der Waals surface area (Å²) in [5.41, 5.74) is 0. The molecule has 1 heterocycles. The molecule has 1 aromatic heterocycles. The van der Waals surface area contributed by atoms with Crippen molar-refractivity contribution in [2.75, 3.05) is 0 Å². The van der Waals surface area contributed by atoms with E-state index in [2.05, 4.69) is 46.8 Å². The molecule has 7 heteroatoms. The highest BCUT2D eigenvalue weighted by Gasteiger charge is 2.01. The maximum absolute atomic E-state index is 8.28. The summed E-state index contributed by atoms with van der Waals surface area (Å²) in [6.07, 6.45) is 0. The molecule has 0 N–H and O–H groups in total. The minimum atomic E-state index is 0.376. The van der Waals surface area contributed by atoms with E-state index in [1.165, 1.54) is 0 Å². The second-order valence-corrected chi connectivity index (χ2v) is 3.52. The van der Waals surface area contributed by atoms with E-state index in [0.717, 1.165) is 11.8 Å². The number of nitriles is 1. The molecule has 11 heavy (non-hydrogen) atoms. The van der Waals surface area contributed by atoms with Crippen LogP contribution in [0.4, 0.5) is 0 Å². The van der Waals surface area contributed by atoms with E-state index in [1.54, 1.807) is 0 Å². The lowest BCUT2D eigenvalue weighted by Gasteiger charge is -1.92. The molecule has 0 saturated heterocycles. The molecule has 56 valence electrons. The van der Waals surface area contributed by atoms with Gasteiger partial charge in [0, 0.05) is 11.8 Å². The van der Waals surface area contributed by atoms with Gasteiger partial charge in [-0.25, -0.2) is 0 Å². The van der Waals surface area contributed by atoms with Crippen molar-refractivity contribution in [1.82, 2.24) is 15.0 Å². The van der Waals surface area contributed by atoms with Crippen molar-refractivity contribution in [3.05, 3.63) is 9.47 Å². The molecule has 0 bridgehead atoms. The summed E-state index contributed by atoms with van der Waals surface area (Å²) in [5, 5.41) is 10.5. The van der Waals surface area contributed by atoms with Crippen LogP contribution in [0.1, 0.15) is 0 Å². The molecule has 0 aliphatic carbocycles. The van der Waals surface area contributed by atoms with E-state index in [4.69, 9.17) is 5.26 Å². The lowest BCUT2D eigenvalue weighted by molar-refractivity contribution is 0.853. The van der Waals surface area contributed by atoms with Crippen LogP contribution >= 0.6 is 43.6 Å². The monoisotopic (exact) mass is 294 g/mol. The average Bonchev–Trinajstić information content (AvgIpc) is 1.85. The zero-order valence-corrected chi connectivity index (χ0v) is 8.94. The van der Waals surface area contributed by atoms with E-state index in [0.29, 0.717) is 14.6 Å². The fourth-order valence-electron chi connectivity index (χ4n) is 0.395. The summed E-state index contributed by atoms with van der Waals surface area (Å²) in [6.45, 7) is 0. The topological polar surface area (TPSA) is 62.5 Å². The van der Waals surface area contributed by atoms with Crippen LogP contribution in [0.3, 0.4) is 0 Å². The summed E-state index contributed by atoms with van der Waals surface area (Å²) < 4.78 is 0.828. The van der Waals surface area contributed by atoms with E-state index in [9.17, 15) is 0 Å². The van der Waals surface area contributed by atoms with Crippen molar-refractivity contribution in [2.45, 2.75) is 5.16 Å². The largest absolute Gasteiger partial charge is 0.207 e. The van der Waals surface area contributed by atoms with E-state index < -0.39 is 0 Å². The number of nitrogens with zero attached hydrogens (tertiary/aromatic N) is 4. The average molecular weight is 296 g/mol. The van der Waals surface area contributed by atoms with Gasteiger partial charge in [-0.2, -0.15) is 20.2 Å². The Morgan fingerprint density at radius 2 is 1.73 bits per heavy atom. The molecule has 0 aromatic carbocycles. The molecule has 0 unspecified atom stereocenters. The Morgan fingerprint density at radius 1 is 1.18 bits per heavy atom. The van der Waals surface area contributed by atoms with Gasteiger partial charge >= 0.3 is 0 Å². The van der Waals surface area contributed by atoms with Crippen molar-refractivity contribution in [2.24, 2.45) is 0 Å². The van der Waals surface area contributed by atoms with E-state index in [-0.39, 0.29) is 0 Å². The van der Waals surface area contributed by atoms with Crippen molar-refractivity contribution in [3.63, 3.8) is 0 Å². The third-order valence-corrected chi connectivity index (χ3v) is 1.86. The van der Waals surface area contributed by atoms with Crippen LogP contribution in [0.25, 0.3) is 0 Å². The Morgan fingerprint density at radius 3 is 2.18 bits per heavy atom. The van der Waals surface area contributed by atoms with Crippen molar-refractivity contribution >= 4 is 43.6 Å². The summed E-state index contributed by atoms with van der Waals surface area (Å²) in [5.74, 6) is 0. The lowest BCUT2D eigenvalue weighted by atomic mass is 11.1. The molecule has 0 radical (unpaired) electrons. The molecule has 4 nitrogen and oxygen atoms in total. The van der Waals surface area contributed by atoms with Gasteiger partial charge in [0.05, 0.1) is 0 Å². The zero-order valence-electron chi connectivity index (χ0n) is 4.95. The minimum Gasteiger partial charge on any atom is -0.195 e. The fraction of sp³-hybridized carbons (Fsp3) is 0. The smallest absolute Gasteiger partial charge is 0.195 e. The van der Waals surface area contributed by atoms with Crippen molar-refractivity contribution in [1.29, 1.82) is 5.26 Å². The van der Waals surface area contributed by atoms with Crippen molar-refractivity contribution in [3.8, 4) is 5.40 Å². The summed E-state index contributed by atoms with van der Waals surface area (Å²) in [6, 6.07) is 0. The second kappa shape index (κ2) is 3.99. The molecular formula is C4Br2N4S. The molecule has 0 aliphatic heterocycles. The first-order valence-electron chi connectivity index (χ1n) is 2.35. The Balaban J connectivity index is 3.01. The van der Waals surface area contributed by atoms with Gasteiger partial charge in [0.1, 0.15) is 5.40 Å². The highest BCUT2D eigenvalue weighted by atomic mass is 79.9. The number of thioether (sulfide) groups is 1. The van der Waals surface area contributed by atoms with Crippen LogP contribution in [0.2, 0.25) is 0 Å². The number of halogens is 2. The number of aromatic nitrogens is 3. The van der Waals surface area contributed by atoms with Crippen LogP contribution in [-0.2, 0) is 0 Å². The first kappa shape index (κ1) is 8.90. The Labute approximate surface area is 83.7 Å². The molecule has 1 rings (SSSR count). The Bertz CT molecular complexity index is 289. The number of rotatable bonds is 1. The molecule has 0 fully saturated rings. The van der Waals surface area contributed by atoms with E-state index in [1.807, 2.05) is 5.40 Å². The van der Waals surface area contributed by atoms with Crippen LogP contribution < -0.4 is 0 Å². The molecule has 1 aromatic rings. The normalized spacial score (nSPS) is 9.18. The van der Waals surface area contributed by atoms with E-state index >= 15 is 0 Å². The minimum absolute atomic E-state index is 0.376. The molecule has 0 saturated carbocycles. The van der Waals surface area contributed by atoms with Gasteiger partial charge in [0.15, 0.2) is 0 Å². The quantitative estimate of drug-likeness (QED) is 0.585. The van der Waals surface area contributed by atoms with Gasteiger partial charge in [0.25, 0.3) is 0 Å². The number of hydrogen-bond donors (Lipinski definition) is 0.